The number of anilines is 1. The van der Waals surface area contributed by atoms with Crippen molar-refractivity contribution in [3.8, 4) is 0 Å². The van der Waals surface area contributed by atoms with Crippen molar-refractivity contribution in [3.63, 3.8) is 0 Å². The average molecular weight is 308 g/mol. The highest BCUT2D eigenvalue weighted by Gasteiger charge is 2.00. The average Bonchev–Trinajstić information content (AvgIpc) is 2.35. The highest BCUT2D eigenvalue weighted by atomic mass is 79.9. The van der Waals surface area contributed by atoms with Crippen LogP contribution in [0.3, 0.4) is 0 Å². The number of nitrogens with one attached hydrogen (secondary N) is 1. The molecule has 0 aliphatic heterocycles. The van der Waals surface area contributed by atoms with Gasteiger partial charge in [0.1, 0.15) is 5.82 Å². The van der Waals surface area contributed by atoms with Crippen molar-refractivity contribution in [2.45, 2.75) is 20.4 Å². The summed E-state index contributed by atoms with van der Waals surface area (Å²) in [5.41, 5.74) is 4.01. The van der Waals surface area contributed by atoms with Gasteiger partial charge in [-0.15, -0.1) is 0 Å². The first-order valence-corrected chi connectivity index (χ1v) is 6.60. The maximum absolute atomic E-state index is 13.1. The fourth-order valence-electron chi connectivity index (χ4n) is 1.72. The maximum Gasteiger partial charge on any atom is 0.126 e. The Morgan fingerprint density at radius 2 is 1.83 bits per heavy atom. The molecule has 3 heteroatoms. The van der Waals surface area contributed by atoms with Crippen LogP contribution in [0.5, 0.6) is 0 Å². The van der Waals surface area contributed by atoms with E-state index in [4.69, 9.17) is 0 Å². The summed E-state index contributed by atoms with van der Waals surface area (Å²) in [5, 5.41) is 3.32. The summed E-state index contributed by atoms with van der Waals surface area (Å²) in [6.45, 7) is 4.52. The summed E-state index contributed by atoms with van der Waals surface area (Å²) in [5.74, 6) is -0.156. The van der Waals surface area contributed by atoms with Crippen LogP contribution in [0.25, 0.3) is 0 Å². The number of rotatable bonds is 3. The molecule has 0 radical (unpaired) electrons. The van der Waals surface area contributed by atoms with Crippen molar-refractivity contribution >= 4 is 21.6 Å². The molecule has 0 heterocycles. The van der Waals surface area contributed by atoms with Crippen LogP contribution in [-0.4, -0.2) is 0 Å². The summed E-state index contributed by atoms with van der Waals surface area (Å²) in [4.78, 5) is 0. The van der Waals surface area contributed by atoms with Crippen LogP contribution in [0.4, 0.5) is 10.1 Å². The van der Waals surface area contributed by atoms with Crippen molar-refractivity contribution in [1.29, 1.82) is 0 Å². The molecule has 0 aromatic heterocycles. The topological polar surface area (TPSA) is 12.0 Å². The molecule has 0 fully saturated rings. The van der Waals surface area contributed by atoms with Gasteiger partial charge in [-0.1, -0.05) is 34.1 Å². The predicted octanol–water partition coefficient (Wildman–Crippen LogP) is 4.82. The van der Waals surface area contributed by atoms with Gasteiger partial charge >= 0.3 is 0 Å². The number of hydrogen-bond acceptors (Lipinski definition) is 1. The Hall–Kier alpha value is -1.35. The van der Waals surface area contributed by atoms with Crippen LogP contribution in [0.15, 0.2) is 40.9 Å². The number of halogens is 2. The summed E-state index contributed by atoms with van der Waals surface area (Å²) in [6.07, 6.45) is 0. The van der Waals surface area contributed by atoms with E-state index in [9.17, 15) is 4.39 Å². The van der Waals surface area contributed by atoms with Crippen molar-refractivity contribution in [3.05, 3.63) is 63.4 Å². The van der Waals surface area contributed by atoms with Crippen LogP contribution < -0.4 is 5.32 Å². The Morgan fingerprint density at radius 3 is 2.50 bits per heavy atom. The molecule has 0 atom stereocenters. The van der Waals surface area contributed by atoms with E-state index < -0.39 is 0 Å². The molecule has 94 valence electrons. The first-order valence-electron chi connectivity index (χ1n) is 5.81. The van der Waals surface area contributed by atoms with Crippen LogP contribution in [0, 0.1) is 19.7 Å². The van der Waals surface area contributed by atoms with Gasteiger partial charge in [0.05, 0.1) is 0 Å². The molecular formula is C15H15BrFN. The lowest BCUT2D eigenvalue weighted by Crippen LogP contribution is -2.00. The van der Waals surface area contributed by atoms with E-state index in [0.29, 0.717) is 12.1 Å². The molecule has 0 aliphatic rings. The Bertz CT molecular complexity index is 515. The van der Waals surface area contributed by atoms with Crippen LogP contribution in [-0.2, 0) is 6.54 Å². The van der Waals surface area contributed by atoms with Gasteiger partial charge in [-0.05, 0) is 48.7 Å². The second-order valence-electron chi connectivity index (χ2n) is 4.40. The largest absolute Gasteiger partial charge is 0.381 e. The number of benzene rings is 2. The van der Waals surface area contributed by atoms with E-state index in [-0.39, 0.29) is 5.82 Å². The highest BCUT2D eigenvalue weighted by Crippen LogP contribution is 2.21. The van der Waals surface area contributed by atoms with Gasteiger partial charge < -0.3 is 5.32 Å². The standard InChI is InChI=1S/C15H15BrFN/c1-10-3-5-13(8-14(10)16)18-9-12-4-6-15(17)11(2)7-12/h3-8,18H,9H2,1-2H3. The van der Waals surface area contributed by atoms with Crippen molar-refractivity contribution in [1.82, 2.24) is 0 Å². The van der Waals surface area contributed by atoms with E-state index in [1.54, 1.807) is 13.0 Å². The highest BCUT2D eigenvalue weighted by molar-refractivity contribution is 9.10. The van der Waals surface area contributed by atoms with E-state index >= 15 is 0 Å². The van der Waals surface area contributed by atoms with Gasteiger partial charge in [-0.2, -0.15) is 0 Å². The third-order valence-electron chi connectivity index (χ3n) is 2.89. The number of aryl methyl sites for hydroxylation is 2. The SMILES string of the molecule is Cc1cc(CNc2ccc(C)c(Br)c2)ccc1F. The number of hydrogen-bond donors (Lipinski definition) is 1. The van der Waals surface area contributed by atoms with Crippen LogP contribution in [0.2, 0.25) is 0 Å². The zero-order valence-electron chi connectivity index (χ0n) is 10.4. The molecular weight excluding hydrogens is 293 g/mol. The Labute approximate surface area is 115 Å². The summed E-state index contributed by atoms with van der Waals surface area (Å²) >= 11 is 3.50. The predicted molar refractivity (Wildman–Crippen MR) is 77.3 cm³/mol. The molecule has 0 aliphatic carbocycles. The van der Waals surface area contributed by atoms with Crippen molar-refractivity contribution in [2.24, 2.45) is 0 Å². The third kappa shape index (κ3) is 3.10. The lowest BCUT2D eigenvalue weighted by Gasteiger charge is -2.09. The van der Waals surface area contributed by atoms with Gasteiger partial charge in [0.15, 0.2) is 0 Å². The molecule has 0 spiro atoms. The first kappa shape index (κ1) is 13.1. The van der Waals surface area contributed by atoms with Gasteiger partial charge in [-0.25, -0.2) is 4.39 Å². The maximum atomic E-state index is 13.1. The second-order valence-corrected chi connectivity index (χ2v) is 5.26. The Kier molecular flexibility index (Phi) is 4.02. The van der Waals surface area contributed by atoms with E-state index in [0.717, 1.165) is 15.7 Å². The van der Waals surface area contributed by atoms with Gasteiger partial charge in [0, 0.05) is 16.7 Å². The monoisotopic (exact) mass is 307 g/mol. The molecule has 18 heavy (non-hydrogen) atoms. The van der Waals surface area contributed by atoms with Crippen molar-refractivity contribution in [2.75, 3.05) is 5.32 Å². The minimum Gasteiger partial charge on any atom is -0.381 e. The smallest absolute Gasteiger partial charge is 0.126 e. The Balaban J connectivity index is 2.06. The van der Waals surface area contributed by atoms with E-state index in [1.807, 2.05) is 18.2 Å². The molecule has 2 aromatic carbocycles. The molecule has 1 nitrogen and oxygen atoms in total. The fourth-order valence-corrected chi connectivity index (χ4v) is 2.10. The van der Waals surface area contributed by atoms with Crippen LogP contribution >= 0.6 is 15.9 Å². The summed E-state index contributed by atoms with van der Waals surface area (Å²) in [7, 11) is 0. The van der Waals surface area contributed by atoms with Gasteiger partial charge in [0.2, 0.25) is 0 Å². The Morgan fingerprint density at radius 1 is 1.06 bits per heavy atom. The van der Waals surface area contributed by atoms with Gasteiger partial charge in [-0.3, -0.25) is 0 Å². The summed E-state index contributed by atoms with van der Waals surface area (Å²) in [6, 6.07) is 11.3. The molecule has 2 aromatic rings. The minimum atomic E-state index is -0.156. The normalized spacial score (nSPS) is 10.4. The lowest BCUT2D eigenvalue weighted by atomic mass is 10.1. The van der Waals surface area contributed by atoms with Gasteiger partial charge in [0.25, 0.3) is 0 Å². The van der Waals surface area contributed by atoms with E-state index in [2.05, 4.69) is 34.2 Å². The zero-order chi connectivity index (χ0) is 13.1. The molecule has 0 saturated heterocycles. The molecule has 1 N–H and O–H groups in total. The fraction of sp³-hybridized carbons (Fsp3) is 0.200. The molecule has 0 unspecified atom stereocenters. The lowest BCUT2D eigenvalue weighted by molar-refractivity contribution is 0.617. The minimum absolute atomic E-state index is 0.156. The quantitative estimate of drug-likeness (QED) is 0.857. The van der Waals surface area contributed by atoms with E-state index in [1.165, 1.54) is 11.6 Å². The zero-order valence-corrected chi connectivity index (χ0v) is 12.0. The van der Waals surface area contributed by atoms with Crippen LogP contribution in [0.1, 0.15) is 16.7 Å². The molecule has 0 bridgehead atoms. The second kappa shape index (κ2) is 5.53. The summed E-state index contributed by atoms with van der Waals surface area (Å²) < 4.78 is 14.2. The van der Waals surface area contributed by atoms with Crippen molar-refractivity contribution < 1.29 is 4.39 Å². The molecule has 0 amide bonds. The first-order chi connectivity index (χ1) is 8.56. The third-order valence-corrected chi connectivity index (χ3v) is 3.75. The molecule has 2 rings (SSSR count). The molecule has 0 saturated carbocycles.